The summed E-state index contributed by atoms with van der Waals surface area (Å²) in [4.78, 5) is 0. The third-order valence-corrected chi connectivity index (χ3v) is 4.93. The van der Waals surface area contributed by atoms with Gasteiger partial charge in [-0.05, 0) is 24.5 Å². The Morgan fingerprint density at radius 2 is 2.06 bits per heavy atom. The SMILES string of the molecule is O=S1(=O)CCCC(F)(Cc2ccccc2O)C1. The van der Waals surface area contributed by atoms with E-state index in [4.69, 9.17) is 0 Å². The van der Waals surface area contributed by atoms with Crippen molar-refractivity contribution in [2.24, 2.45) is 0 Å². The van der Waals surface area contributed by atoms with Crippen LogP contribution in [-0.2, 0) is 16.3 Å². The molecule has 0 aliphatic carbocycles. The molecule has 0 amide bonds. The van der Waals surface area contributed by atoms with Gasteiger partial charge in [-0.25, -0.2) is 12.8 Å². The fourth-order valence-electron chi connectivity index (χ4n) is 2.29. The van der Waals surface area contributed by atoms with Crippen LogP contribution in [0.2, 0.25) is 0 Å². The molecule has 0 saturated carbocycles. The van der Waals surface area contributed by atoms with Gasteiger partial charge in [0.1, 0.15) is 11.4 Å². The molecule has 1 aliphatic heterocycles. The molecule has 1 unspecified atom stereocenters. The number of halogens is 1. The minimum absolute atomic E-state index is 0.0208. The predicted molar refractivity (Wildman–Crippen MR) is 63.5 cm³/mol. The Bertz CT molecular complexity index is 512. The Morgan fingerprint density at radius 1 is 1.35 bits per heavy atom. The molecule has 1 aromatic carbocycles. The Balaban J connectivity index is 2.20. The highest BCUT2D eigenvalue weighted by atomic mass is 32.2. The highest BCUT2D eigenvalue weighted by Crippen LogP contribution is 2.32. The molecule has 1 heterocycles. The lowest BCUT2D eigenvalue weighted by Gasteiger charge is -2.29. The summed E-state index contributed by atoms with van der Waals surface area (Å²) in [5.41, 5.74) is -1.28. The molecule has 0 radical (unpaired) electrons. The van der Waals surface area contributed by atoms with Gasteiger partial charge in [-0.15, -0.1) is 0 Å². The normalized spacial score (nSPS) is 27.8. The molecule has 0 bridgehead atoms. The number of sulfone groups is 1. The van der Waals surface area contributed by atoms with Gasteiger partial charge < -0.3 is 5.11 Å². The van der Waals surface area contributed by atoms with Crippen LogP contribution in [0.15, 0.2) is 24.3 Å². The Hall–Kier alpha value is -1.10. The highest BCUT2D eigenvalue weighted by molar-refractivity contribution is 7.91. The number of phenols is 1. The van der Waals surface area contributed by atoms with E-state index in [9.17, 15) is 17.9 Å². The summed E-state index contributed by atoms with van der Waals surface area (Å²) in [7, 11) is -3.28. The van der Waals surface area contributed by atoms with E-state index in [1.807, 2.05) is 0 Å². The zero-order valence-electron chi connectivity index (χ0n) is 9.39. The fourth-order valence-corrected chi connectivity index (χ4v) is 4.05. The molecular formula is C12H15FO3S. The van der Waals surface area contributed by atoms with E-state index in [-0.39, 0.29) is 24.3 Å². The van der Waals surface area contributed by atoms with E-state index >= 15 is 0 Å². The maximum atomic E-state index is 14.4. The predicted octanol–water partition coefficient (Wildman–Crippen LogP) is 1.85. The third-order valence-electron chi connectivity index (χ3n) is 3.06. The van der Waals surface area contributed by atoms with Crippen molar-refractivity contribution >= 4 is 9.84 Å². The first kappa shape index (κ1) is 12.4. The summed E-state index contributed by atoms with van der Waals surface area (Å²) in [6.07, 6.45) is 0.548. The van der Waals surface area contributed by atoms with Crippen molar-refractivity contribution in [3.05, 3.63) is 29.8 Å². The fraction of sp³-hybridized carbons (Fsp3) is 0.500. The number of hydrogen-bond acceptors (Lipinski definition) is 3. The van der Waals surface area contributed by atoms with Gasteiger partial charge in [-0.1, -0.05) is 18.2 Å². The van der Waals surface area contributed by atoms with Crippen LogP contribution in [0.1, 0.15) is 18.4 Å². The lowest BCUT2D eigenvalue weighted by Crippen LogP contribution is -2.40. The van der Waals surface area contributed by atoms with Crippen molar-refractivity contribution in [2.75, 3.05) is 11.5 Å². The van der Waals surface area contributed by atoms with Crippen molar-refractivity contribution in [2.45, 2.75) is 24.9 Å². The molecule has 2 rings (SSSR count). The second kappa shape index (κ2) is 4.29. The molecule has 17 heavy (non-hydrogen) atoms. The van der Waals surface area contributed by atoms with E-state index in [1.54, 1.807) is 18.2 Å². The lowest BCUT2D eigenvalue weighted by molar-refractivity contribution is 0.170. The molecule has 0 aromatic heterocycles. The van der Waals surface area contributed by atoms with Gasteiger partial charge in [0.05, 0.1) is 11.5 Å². The zero-order valence-corrected chi connectivity index (χ0v) is 10.2. The van der Waals surface area contributed by atoms with Gasteiger partial charge >= 0.3 is 0 Å². The van der Waals surface area contributed by atoms with Gasteiger partial charge in [0.25, 0.3) is 0 Å². The van der Waals surface area contributed by atoms with Gasteiger partial charge in [-0.3, -0.25) is 0 Å². The van der Waals surface area contributed by atoms with Gasteiger partial charge in [-0.2, -0.15) is 0 Å². The summed E-state index contributed by atoms with van der Waals surface area (Å²) in [6.45, 7) is 0. The quantitative estimate of drug-likeness (QED) is 0.880. The summed E-state index contributed by atoms with van der Waals surface area (Å²) in [6, 6.07) is 6.46. The van der Waals surface area contributed by atoms with E-state index in [0.717, 1.165) is 0 Å². The molecular weight excluding hydrogens is 243 g/mol. The second-order valence-corrected chi connectivity index (χ2v) is 6.84. The molecule has 1 aromatic rings. The minimum atomic E-state index is -3.28. The van der Waals surface area contributed by atoms with Crippen molar-refractivity contribution in [3.63, 3.8) is 0 Å². The minimum Gasteiger partial charge on any atom is -0.508 e. The zero-order chi connectivity index (χ0) is 12.5. The first-order chi connectivity index (χ1) is 7.90. The average Bonchev–Trinajstić information content (AvgIpc) is 2.19. The van der Waals surface area contributed by atoms with Crippen LogP contribution in [-0.4, -0.2) is 30.7 Å². The standard InChI is InChI=1S/C12H15FO3S/c13-12(6-3-7-17(15,16)9-12)8-10-4-1-2-5-11(10)14/h1-2,4-5,14H,3,6-9H2. The van der Waals surface area contributed by atoms with Crippen LogP contribution in [0.3, 0.4) is 0 Å². The number of rotatable bonds is 2. The van der Waals surface area contributed by atoms with Crippen molar-refractivity contribution in [1.29, 1.82) is 0 Å². The van der Waals surface area contributed by atoms with E-state index in [2.05, 4.69) is 0 Å². The van der Waals surface area contributed by atoms with Gasteiger partial charge in [0.15, 0.2) is 9.84 Å². The molecule has 1 atom stereocenters. The molecule has 1 aliphatic rings. The first-order valence-corrected chi connectivity index (χ1v) is 7.39. The van der Waals surface area contributed by atoms with Crippen LogP contribution in [0, 0.1) is 0 Å². The number of aromatic hydroxyl groups is 1. The van der Waals surface area contributed by atoms with Crippen LogP contribution in [0.4, 0.5) is 4.39 Å². The molecule has 0 spiro atoms. The largest absolute Gasteiger partial charge is 0.508 e. The molecule has 3 nitrogen and oxygen atoms in total. The Morgan fingerprint density at radius 3 is 2.71 bits per heavy atom. The van der Waals surface area contributed by atoms with Crippen LogP contribution >= 0.6 is 0 Å². The number of hydrogen-bond donors (Lipinski definition) is 1. The smallest absolute Gasteiger partial charge is 0.153 e. The molecule has 1 N–H and O–H groups in total. The van der Waals surface area contributed by atoms with Gasteiger partial charge in [0.2, 0.25) is 0 Å². The summed E-state index contributed by atoms with van der Waals surface area (Å²) < 4.78 is 37.3. The van der Waals surface area contributed by atoms with Crippen molar-refractivity contribution in [1.82, 2.24) is 0 Å². The number of para-hydroxylation sites is 1. The molecule has 5 heteroatoms. The third kappa shape index (κ3) is 2.97. The monoisotopic (exact) mass is 258 g/mol. The maximum absolute atomic E-state index is 14.4. The topological polar surface area (TPSA) is 54.4 Å². The van der Waals surface area contributed by atoms with Gasteiger partial charge in [0, 0.05) is 6.42 Å². The molecule has 1 fully saturated rings. The van der Waals surface area contributed by atoms with Crippen LogP contribution in [0.25, 0.3) is 0 Å². The Labute approximate surface area is 100 Å². The van der Waals surface area contributed by atoms with E-state index in [0.29, 0.717) is 12.0 Å². The van der Waals surface area contributed by atoms with Crippen LogP contribution in [0.5, 0.6) is 5.75 Å². The highest BCUT2D eigenvalue weighted by Gasteiger charge is 2.39. The number of phenolic OH excluding ortho intramolecular Hbond substituents is 1. The number of alkyl halides is 1. The molecule has 94 valence electrons. The second-order valence-electron chi connectivity index (χ2n) is 4.65. The molecule has 1 saturated heterocycles. The van der Waals surface area contributed by atoms with E-state index in [1.165, 1.54) is 6.07 Å². The van der Waals surface area contributed by atoms with E-state index < -0.39 is 21.3 Å². The van der Waals surface area contributed by atoms with Crippen LogP contribution < -0.4 is 0 Å². The lowest BCUT2D eigenvalue weighted by atomic mass is 9.93. The first-order valence-electron chi connectivity index (χ1n) is 5.56. The summed E-state index contributed by atoms with van der Waals surface area (Å²) in [5, 5.41) is 9.57. The Kier molecular flexibility index (Phi) is 3.12. The summed E-state index contributed by atoms with van der Waals surface area (Å²) >= 11 is 0. The maximum Gasteiger partial charge on any atom is 0.153 e. The summed E-state index contributed by atoms with van der Waals surface area (Å²) in [5.74, 6) is -0.346. The average molecular weight is 258 g/mol. The van der Waals surface area contributed by atoms with Crippen molar-refractivity contribution < 1.29 is 17.9 Å². The van der Waals surface area contributed by atoms with Crippen molar-refractivity contribution in [3.8, 4) is 5.75 Å². The number of benzene rings is 1.